The summed E-state index contributed by atoms with van der Waals surface area (Å²) in [4.78, 5) is 0. The molecule has 0 amide bonds. The molecule has 0 aromatic rings. The standard InChI is InChI=1S/C19H34O/c1-14-8-11-18(2)10-4-5-15(18)6-7-16-13-17(20)9-12-19(14,16)3/h14-17,20H,4-13H2,1-3H3. The molecule has 6 atom stereocenters. The summed E-state index contributed by atoms with van der Waals surface area (Å²) < 4.78 is 0. The SMILES string of the molecule is CC1CCC2(C)CCCC2CCC2CC(O)CCC12C. The molecule has 0 aromatic heterocycles. The second kappa shape index (κ2) is 5.30. The Morgan fingerprint density at radius 1 is 0.850 bits per heavy atom. The second-order valence-corrected chi connectivity index (χ2v) is 8.89. The molecule has 3 aliphatic carbocycles. The maximum atomic E-state index is 10.1. The van der Waals surface area contributed by atoms with E-state index < -0.39 is 0 Å². The first-order valence-electron chi connectivity index (χ1n) is 9.12. The first kappa shape index (κ1) is 14.9. The third-order valence-electron chi connectivity index (χ3n) is 7.93. The highest BCUT2D eigenvalue weighted by molar-refractivity contribution is 4.97. The van der Waals surface area contributed by atoms with Crippen molar-refractivity contribution in [1.82, 2.24) is 0 Å². The van der Waals surface area contributed by atoms with Gasteiger partial charge in [-0.3, -0.25) is 0 Å². The summed E-state index contributed by atoms with van der Waals surface area (Å²) in [7, 11) is 0. The third-order valence-corrected chi connectivity index (χ3v) is 7.93. The molecule has 20 heavy (non-hydrogen) atoms. The third kappa shape index (κ3) is 2.45. The fourth-order valence-corrected chi connectivity index (χ4v) is 5.90. The van der Waals surface area contributed by atoms with Crippen molar-refractivity contribution < 1.29 is 5.11 Å². The van der Waals surface area contributed by atoms with Crippen LogP contribution in [0, 0.1) is 28.6 Å². The van der Waals surface area contributed by atoms with E-state index in [1.165, 1.54) is 51.4 Å². The number of hydrogen-bond acceptors (Lipinski definition) is 1. The first-order valence-corrected chi connectivity index (χ1v) is 9.12. The first-order chi connectivity index (χ1) is 9.44. The quantitative estimate of drug-likeness (QED) is 0.648. The van der Waals surface area contributed by atoms with E-state index in [-0.39, 0.29) is 6.10 Å². The molecule has 3 saturated carbocycles. The number of hydrogen-bond donors (Lipinski definition) is 1. The van der Waals surface area contributed by atoms with Gasteiger partial charge in [-0.25, -0.2) is 0 Å². The topological polar surface area (TPSA) is 20.2 Å². The van der Waals surface area contributed by atoms with E-state index in [0.717, 1.165) is 30.6 Å². The molecule has 0 bridgehead atoms. The fraction of sp³-hybridized carbons (Fsp3) is 1.00. The summed E-state index contributed by atoms with van der Waals surface area (Å²) in [5, 5.41) is 10.1. The van der Waals surface area contributed by atoms with Gasteiger partial charge < -0.3 is 5.11 Å². The molecule has 0 aromatic carbocycles. The van der Waals surface area contributed by atoms with Crippen LogP contribution in [0.3, 0.4) is 0 Å². The predicted molar refractivity (Wildman–Crippen MR) is 84.5 cm³/mol. The van der Waals surface area contributed by atoms with Gasteiger partial charge >= 0.3 is 0 Å². The average Bonchev–Trinajstić information content (AvgIpc) is 2.79. The number of fused-ring (bicyclic) bond motifs is 2. The smallest absolute Gasteiger partial charge is 0.0543 e. The van der Waals surface area contributed by atoms with Gasteiger partial charge in [0.05, 0.1) is 6.10 Å². The summed E-state index contributed by atoms with van der Waals surface area (Å²) in [5.74, 6) is 2.57. The molecular formula is C19H34O. The Hall–Kier alpha value is -0.0400. The van der Waals surface area contributed by atoms with Crippen molar-refractivity contribution in [2.75, 3.05) is 0 Å². The van der Waals surface area contributed by atoms with Gasteiger partial charge in [0.25, 0.3) is 0 Å². The Morgan fingerprint density at radius 3 is 2.40 bits per heavy atom. The van der Waals surface area contributed by atoms with Crippen LogP contribution in [0.1, 0.15) is 85.0 Å². The molecule has 116 valence electrons. The molecular weight excluding hydrogens is 244 g/mol. The van der Waals surface area contributed by atoms with Gasteiger partial charge in [-0.2, -0.15) is 0 Å². The van der Waals surface area contributed by atoms with Crippen molar-refractivity contribution in [2.45, 2.75) is 91.1 Å². The highest BCUT2D eigenvalue weighted by atomic mass is 16.3. The summed E-state index contributed by atoms with van der Waals surface area (Å²) in [6.45, 7) is 7.62. The van der Waals surface area contributed by atoms with Crippen LogP contribution < -0.4 is 0 Å². The second-order valence-electron chi connectivity index (χ2n) is 8.89. The zero-order valence-electron chi connectivity index (χ0n) is 13.8. The van der Waals surface area contributed by atoms with Gasteiger partial charge in [0, 0.05) is 0 Å². The normalized spacial score (nSPS) is 53.4. The van der Waals surface area contributed by atoms with E-state index in [1.54, 1.807) is 0 Å². The monoisotopic (exact) mass is 278 g/mol. The van der Waals surface area contributed by atoms with Gasteiger partial charge in [-0.1, -0.05) is 27.2 Å². The van der Waals surface area contributed by atoms with Crippen LogP contribution in [0.15, 0.2) is 0 Å². The maximum Gasteiger partial charge on any atom is 0.0543 e. The molecule has 3 rings (SSSR count). The van der Waals surface area contributed by atoms with Crippen LogP contribution in [0.2, 0.25) is 0 Å². The van der Waals surface area contributed by atoms with Gasteiger partial charge in [-0.15, -0.1) is 0 Å². The van der Waals surface area contributed by atoms with Gasteiger partial charge in [0.15, 0.2) is 0 Å². The lowest BCUT2D eigenvalue weighted by Crippen LogP contribution is -2.40. The highest BCUT2D eigenvalue weighted by Crippen LogP contribution is 2.56. The van der Waals surface area contributed by atoms with Crippen molar-refractivity contribution in [3.8, 4) is 0 Å². The minimum Gasteiger partial charge on any atom is -0.393 e. The Kier molecular flexibility index (Phi) is 3.95. The minimum absolute atomic E-state index is 0.0176. The average molecular weight is 278 g/mol. The highest BCUT2D eigenvalue weighted by Gasteiger charge is 2.47. The maximum absolute atomic E-state index is 10.1. The molecule has 1 nitrogen and oxygen atoms in total. The van der Waals surface area contributed by atoms with Crippen molar-refractivity contribution in [3.05, 3.63) is 0 Å². The summed E-state index contributed by atoms with van der Waals surface area (Å²) in [6, 6.07) is 0. The fourth-order valence-electron chi connectivity index (χ4n) is 5.90. The Balaban J connectivity index is 1.82. The predicted octanol–water partition coefficient (Wildman–Crippen LogP) is 5.17. The molecule has 3 fully saturated rings. The largest absolute Gasteiger partial charge is 0.393 e. The lowest BCUT2D eigenvalue weighted by Gasteiger charge is -2.47. The van der Waals surface area contributed by atoms with Gasteiger partial charge in [-0.05, 0) is 86.4 Å². The molecule has 0 saturated heterocycles. The van der Waals surface area contributed by atoms with E-state index in [9.17, 15) is 5.11 Å². The molecule has 0 aliphatic heterocycles. The number of aliphatic hydroxyl groups is 1. The molecule has 3 aliphatic rings. The Bertz CT molecular complexity index is 352. The molecule has 6 unspecified atom stereocenters. The zero-order valence-corrected chi connectivity index (χ0v) is 13.8. The van der Waals surface area contributed by atoms with E-state index in [0.29, 0.717) is 10.8 Å². The lowest BCUT2D eigenvalue weighted by atomic mass is 9.59. The van der Waals surface area contributed by atoms with Crippen LogP contribution in [0.4, 0.5) is 0 Å². The Morgan fingerprint density at radius 2 is 1.60 bits per heavy atom. The van der Waals surface area contributed by atoms with E-state index in [1.807, 2.05) is 0 Å². The molecule has 1 N–H and O–H groups in total. The summed E-state index contributed by atoms with van der Waals surface area (Å²) in [6.07, 6.45) is 13.4. The van der Waals surface area contributed by atoms with Crippen molar-refractivity contribution >= 4 is 0 Å². The van der Waals surface area contributed by atoms with Crippen LogP contribution >= 0.6 is 0 Å². The zero-order chi connectivity index (χ0) is 14.4. The molecule has 0 radical (unpaired) electrons. The lowest BCUT2D eigenvalue weighted by molar-refractivity contribution is -0.0203. The number of aliphatic hydroxyl groups excluding tert-OH is 1. The van der Waals surface area contributed by atoms with E-state index in [4.69, 9.17) is 0 Å². The van der Waals surface area contributed by atoms with Crippen LogP contribution in [0.25, 0.3) is 0 Å². The van der Waals surface area contributed by atoms with Crippen LogP contribution in [0.5, 0.6) is 0 Å². The van der Waals surface area contributed by atoms with E-state index >= 15 is 0 Å². The van der Waals surface area contributed by atoms with E-state index in [2.05, 4.69) is 20.8 Å². The minimum atomic E-state index is -0.0176. The van der Waals surface area contributed by atoms with Crippen molar-refractivity contribution in [1.29, 1.82) is 0 Å². The van der Waals surface area contributed by atoms with Crippen molar-refractivity contribution in [3.63, 3.8) is 0 Å². The van der Waals surface area contributed by atoms with Crippen LogP contribution in [-0.2, 0) is 0 Å². The Labute approximate surface area is 125 Å². The van der Waals surface area contributed by atoms with Crippen molar-refractivity contribution in [2.24, 2.45) is 28.6 Å². The van der Waals surface area contributed by atoms with Crippen LogP contribution in [-0.4, -0.2) is 11.2 Å². The summed E-state index contributed by atoms with van der Waals surface area (Å²) >= 11 is 0. The molecule has 0 spiro atoms. The van der Waals surface area contributed by atoms with Gasteiger partial charge in [0.2, 0.25) is 0 Å². The van der Waals surface area contributed by atoms with Gasteiger partial charge in [0.1, 0.15) is 0 Å². The summed E-state index contributed by atoms with van der Waals surface area (Å²) in [5.41, 5.74) is 1.13. The number of rotatable bonds is 0. The molecule has 1 heteroatoms. The molecule has 0 heterocycles.